The molecule has 0 atom stereocenters. The summed E-state index contributed by atoms with van der Waals surface area (Å²) in [6.07, 6.45) is 4.70. The fourth-order valence-corrected chi connectivity index (χ4v) is 6.10. The van der Waals surface area contributed by atoms with Crippen LogP contribution < -0.4 is 0 Å². The minimum absolute atomic E-state index is 0.00161. The van der Waals surface area contributed by atoms with Gasteiger partial charge in [-0.1, -0.05) is 30.3 Å². The second-order valence-corrected chi connectivity index (χ2v) is 10.5. The Morgan fingerprint density at radius 3 is 2.32 bits per heavy atom. The van der Waals surface area contributed by atoms with E-state index in [1.54, 1.807) is 48.8 Å². The highest BCUT2D eigenvalue weighted by atomic mass is 32.2. The summed E-state index contributed by atoms with van der Waals surface area (Å²) < 4.78 is 63.7. The van der Waals surface area contributed by atoms with Crippen molar-refractivity contribution in [2.75, 3.05) is 0 Å². The molecule has 0 aliphatic heterocycles. The van der Waals surface area contributed by atoms with E-state index in [-0.39, 0.29) is 16.1 Å². The molecular formula is C29H19F2N3O3S. The molecule has 0 unspecified atom stereocenters. The Bertz CT molecular complexity index is 1900. The minimum Gasteiger partial charge on any atom is -0.443 e. The fourth-order valence-electron chi connectivity index (χ4n) is 4.56. The molecule has 6 nitrogen and oxygen atoms in total. The average Bonchev–Trinajstić information content (AvgIpc) is 3.57. The molecule has 0 aliphatic rings. The first kappa shape index (κ1) is 23.7. The Kier molecular flexibility index (Phi) is 5.65. The Morgan fingerprint density at radius 2 is 1.63 bits per heavy atom. The third kappa shape index (κ3) is 3.88. The van der Waals surface area contributed by atoms with Crippen LogP contribution in [0, 0.1) is 18.6 Å². The van der Waals surface area contributed by atoms with Gasteiger partial charge in [0.05, 0.1) is 27.9 Å². The number of hydrogen-bond donors (Lipinski definition) is 0. The maximum absolute atomic E-state index is 14.9. The monoisotopic (exact) mass is 527 g/mol. The van der Waals surface area contributed by atoms with Gasteiger partial charge in [-0.05, 0) is 66.6 Å². The number of benzene rings is 3. The van der Waals surface area contributed by atoms with Gasteiger partial charge in [0.1, 0.15) is 23.6 Å². The van der Waals surface area contributed by atoms with Crippen molar-refractivity contribution in [3.05, 3.63) is 115 Å². The van der Waals surface area contributed by atoms with E-state index in [1.807, 2.05) is 13.0 Å². The molecule has 0 spiro atoms. The first-order valence-corrected chi connectivity index (χ1v) is 13.1. The van der Waals surface area contributed by atoms with Gasteiger partial charge in [-0.2, -0.15) is 0 Å². The number of hydrogen-bond acceptors (Lipinski definition) is 5. The molecule has 0 bridgehead atoms. The number of rotatable bonds is 5. The molecule has 0 aliphatic carbocycles. The highest BCUT2D eigenvalue weighted by Crippen LogP contribution is 2.37. The number of halogens is 2. The van der Waals surface area contributed by atoms with Gasteiger partial charge >= 0.3 is 0 Å². The van der Waals surface area contributed by atoms with Crippen LogP contribution in [0.2, 0.25) is 0 Å². The first-order valence-electron chi connectivity index (χ1n) is 11.6. The predicted octanol–water partition coefficient (Wildman–Crippen LogP) is 6.85. The minimum atomic E-state index is -4.20. The lowest BCUT2D eigenvalue weighted by Gasteiger charge is -2.13. The topological polar surface area (TPSA) is 78.0 Å². The van der Waals surface area contributed by atoms with Crippen LogP contribution in [-0.4, -0.2) is 22.4 Å². The first-order chi connectivity index (χ1) is 18.3. The Hall–Kier alpha value is -4.63. The fraction of sp³-hybridized carbons (Fsp3) is 0.0345. The van der Waals surface area contributed by atoms with Crippen molar-refractivity contribution in [2.24, 2.45) is 0 Å². The van der Waals surface area contributed by atoms with Gasteiger partial charge in [0, 0.05) is 17.1 Å². The molecule has 3 aromatic heterocycles. The summed E-state index contributed by atoms with van der Waals surface area (Å²) in [6.45, 7) is 1.92. The third-order valence-electron chi connectivity index (χ3n) is 6.33. The van der Waals surface area contributed by atoms with E-state index in [1.165, 1.54) is 30.5 Å². The van der Waals surface area contributed by atoms with E-state index >= 15 is 0 Å². The summed E-state index contributed by atoms with van der Waals surface area (Å²) in [6, 6.07) is 19.7. The van der Waals surface area contributed by atoms with E-state index in [0.29, 0.717) is 17.0 Å². The molecule has 0 saturated carbocycles. The van der Waals surface area contributed by atoms with Crippen LogP contribution in [0.5, 0.6) is 0 Å². The molecule has 9 heteroatoms. The summed E-state index contributed by atoms with van der Waals surface area (Å²) in [5.41, 5.74) is 2.80. The van der Waals surface area contributed by atoms with Crippen LogP contribution in [0.4, 0.5) is 8.78 Å². The maximum atomic E-state index is 14.9. The normalized spacial score (nSPS) is 11.8. The summed E-state index contributed by atoms with van der Waals surface area (Å²) in [5, 5.41) is 0.496. The molecule has 0 N–H and O–H groups in total. The summed E-state index contributed by atoms with van der Waals surface area (Å²) in [5.74, 6) is -1.32. The van der Waals surface area contributed by atoms with Crippen molar-refractivity contribution in [1.82, 2.24) is 13.9 Å². The van der Waals surface area contributed by atoms with Gasteiger partial charge in [-0.15, -0.1) is 0 Å². The van der Waals surface area contributed by atoms with Crippen molar-refractivity contribution >= 4 is 20.9 Å². The standard InChI is InChI=1S/C29H19F2N3O3S/c1-18-14-25(29-32-12-13-37-29)33-17-22(18)19-10-11-26-20(15-19)16-27(28-23(30)8-5-9-24(28)31)34(26)38(35,36)21-6-3-2-4-7-21/h2-17H,1H3. The van der Waals surface area contributed by atoms with Crippen LogP contribution in [0.1, 0.15) is 5.56 Å². The summed E-state index contributed by atoms with van der Waals surface area (Å²) in [7, 11) is -4.20. The van der Waals surface area contributed by atoms with Gasteiger partial charge in [0.2, 0.25) is 5.89 Å². The van der Waals surface area contributed by atoms with Gasteiger partial charge in [0.25, 0.3) is 10.0 Å². The van der Waals surface area contributed by atoms with E-state index in [2.05, 4.69) is 9.97 Å². The van der Waals surface area contributed by atoms with Crippen molar-refractivity contribution in [3.63, 3.8) is 0 Å². The number of fused-ring (bicyclic) bond motifs is 1. The van der Waals surface area contributed by atoms with Crippen LogP contribution >= 0.6 is 0 Å². The lowest BCUT2D eigenvalue weighted by Crippen LogP contribution is -2.14. The van der Waals surface area contributed by atoms with Gasteiger partial charge < -0.3 is 4.42 Å². The number of pyridine rings is 1. The molecule has 0 fully saturated rings. The smallest absolute Gasteiger partial charge is 0.268 e. The second kappa shape index (κ2) is 9.04. The Balaban J connectivity index is 1.57. The molecule has 6 aromatic rings. The number of aromatic nitrogens is 3. The lowest BCUT2D eigenvalue weighted by atomic mass is 10.0. The van der Waals surface area contributed by atoms with E-state index < -0.39 is 27.2 Å². The Morgan fingerprint density at radius 1 is 0.868 bits per heavy atom. The molecule has 0 amide bonds. The number of oxazole rings is 1. The maximum Gasteiger partial charge on any atom is 0.268 e. The molecule has 0 radical (unpaired) electrons. The van der Waals surface area contributed by atoms with E-state index in [0.717, 1.165) is 32.8 Å². The average molecular weight is 528 g/mol. The molecule has 3 aromatic carbocycles. The summed E-state index contributed by atoms with van der Waals surface area (Å²) in [4.78, 5) is 8.58. The molecule has 3 heterocycles. The molecular weight excluding hydrogens is 508 g/mol. The molecule has 38 heavy (non-hydrogen) atoms. The van der Waals surface area contributed by atoms with Crippen LogP contribution in [-0.2, 0) is 10.0 Å². The molecule has 6 rings (SSSR count). The van der Waals surface area contributed by atoms with Gasteiger partial charge in [-0.25, -0.2) is 26.2 Å². The highest BCUT2D eigenvalue weighted by molar-refractivity contribution is 7.90. The predicted molar refractivity (Wildman–Crippen MR) is 140 cm³/mol. The third-order valence-corrected chi connectivity index (χ3v) is 8.07. The van der Waals surface area contributed by atoms with Crippen molar-refractivity contribution in [2.45, 2.75) is 11.8 Å². The zero-order valence-corrected chi connectivity index (χ0v) is 20.8. The van der Waals surface area contributed by atoms with Crippen molar-refractivity contribution < 1.29 is 21.6 Å². The summed E-state index contributed by atoms with van der Waals surface area (Å²) >= 11 is 0. The lowest BCUT2D eigenvalue weighted by molar-refractivity contribution is 0.572. The highest BCUT2D eigenvalue weighted by Gasteiger charge is 2.27. The van der Waals surface area contributed by atoms with Crippen molar-refractivity contribution in [1.29, 1.82) is 0 Å². The van der Waals surface area contributed by atoms with Gasteiger partial charge in [0.15, 0.2) is 0 Å². The Labute approximate surface area is 216 Å². The largest absolute Gasteiger partial charge is 0.443 e. The molecule has 0 saturated heterocycles. The zero-order valence-electron chi connectivity index (χ0n) is 20.0. The zero-order chi connectivity index (χ0) is 26.4. The molecule has 188 valence electrons. The van der Waals surface area contributed by atoms with Crippen LogP contribution in [0.3, 0.4) is 0 Å². The van der Waals surface area contributed by atoms with Gasteiger partial charge in [-0.3, -0.25) is 4.98 Å². The van der Waals surface area contributed by atoms with E-state index in [9.17, 15) is 17.2 Å². The SMILES string of the molecule is Cc1cc(-c2ncco2)ncc1-c1ccc2c(c1)cc(-c1c(F)cccc1F)n2S(=O)(=O)c1ccccc1. The van der Waals surface area contributed by atoms with Crippen LogP contribution in [0.25, 0.3) is 44.9 Å². The second-order valence-electron chi connectivity index (χ2n) is 8.70. The number of nitrogens with zero attached hydrogens (tertiary/aromatic N) is 3. The van der Waals surface area contributed by atoms with Crippen LogP contribution in [0.15, 0.2) is 107 Å². The van der Waals surface area contributed by atoms with E-state index in [4.69, 9.17) is 4.42 Å². The number of aryl methyl sites for hydroxylation is 1. The quantitative estimate of drug-likeness (QED) is 0.245. The van der Waals surface area contributed by atoms with Crippen molar-refractivity contribution in [3.8, 4) is 34.0 Å².